The fraction of sp³-hybridized carbons (Fsp3) is 0.429. The van der Waals surface area contributed by atoms with Crippen LogP contribution in [0.3, 0.4) is 0 Å². The third-order valence-corrected chi connectivity index (χ3v) is 3.42. The number of carbonyl (C=O) groups is 1. The Morgan fingerprint density at radius 3 is 2.95 bits per heavy atom. The zero-order valence-electron chi connectivity index (χ0n) is 12.3. The van der Waals surface area contributed by atoms with Crippen LogP contribution in [-0.2, 0) is 16.1 Å². The maximum Gasteiger partial charge on any atom is 0.246 e. The van der Waals surface area contributed by atoms with Crippen molar-refractivity contribution in [2.24, 2.45) is 0 Å². The molecule has 0 bridgehead atoms. The van der Waals surface area contributed by atoms with Crippen LogP contribution < -0.4 is 4.74 Å². The highest BCUT2D eigenvalue weighted by Crippen LogP contribution is 2.19. The van der Waals surface area contributed by atoms with Crippen molar-refractivity contribution < 1.29 is 14.3 Å². The van der Waals surface area contributed by atoms with Crippen molar-refractivity contribution in [2.45, 2.75) is 6.54 Å². The smallest absolute Gasteiger partial charge is 0.246 e. The van der Waals surface area contributed by atoms with Crippen LogP contribution in [0.5, 0.6) is 5.75 Å². The first-order valence-corrected chi connectivity index (χ1v) is 7.04. The molecule has 1 aromatic carbocycles. The lowest BCUT2D eigenvalue weighted by Gasteiger charge is -2.26. The van der Waals surface area contributed by atoms with E-state index in [9.17, 15) is 4.79 Å². The molecule has 0 spiro atoms. The highest BCUT2D eigenvalue weighted by molar-refractivity contribution is 5.75. The van der Waals surface area contributed by atoms with Crippen molar-refractivity contribution in [3.05, 3.63) is 24.3 Å². The summed E-state index contributed by atoms with van der Waals surface area (Å²) in [6.45, 7) is 2.45. The summed E-state index contributed by atoms with van der Waals surface area (Å²) >= 11 is 0. The van der Waals surface area contributed by atoms with Crippen molar-refractivity contribution in [1.29, 1.82) is 0 Å². The van der Waals surface area contributed by atoms with E-state index in [0.29, 0.717) is 32.1 Å². The minimum Gasteiger partial charge on any atom is -0.497 e. The quantitative estimate of drug-likeness (QED) is 0.803. The molecule has 0 atom stereocenters. The molecule has 0 aliphatic carbocycles. The van der Waals surface area contributed by atoms with Crippen molar-refractivity contribution in [1.82, 2.24) is 25.1 Å². The monoisotopic (exact) mass is 303 g/mol. The summed E-state index contributed by atoms with van der Waals surface area (Å²) < 4.78 is 10.4. The highest BCUT2D eigenvalue weighted by atomic mass is 16.5. The molecule has 1 aromatic heterocycles. The Morgan fingerprint density at radius 2 is 2.18 bits per heavy atom. The summed E-state index contributed by atoms with van der Waals surface area (Å²) in [5.74, 6) is 1.16. The lowest BCUT2D eigenvalue weighted by Crippen LogP contribution is -2.42. The van der Waals surface area contributed by atoms with Gasteiger partial charge in [0.05, 0.1) is 20.3 Å². The van der Waals surface area contributed by atoms with Crippen LogP contribution in [-0.4, -0.2) is 64.4 Å². The average molecular weight is 303 g/mol. The van der Waals surface area contributed by atoms with E-state index in [4.69, 9.17) is 9.47 Å². The van der Waals surface area contributed by atoms with E-state index in [-0.39, 0.29) is 12.5 Å². The number of benzene rings is 1. The second kappa shape index (κ2) is 6.52. The summed E-state index contributed by atoms with van der Waals surface area (Å²) in [4.78, 5) is 15.2. The Labute approximate surface area is 127 Å². The molecule has 22 heavy (non-hydrogen) atoms. The number of aromatic nitrogens is 4. The number of rotatable bonds is 4. The summed E-state index contributed by atoms with van der Waals surface area (Å²) in [6.07, 6.45) is 0. The van der Waals surface area contributed by atoms with Crippen LogP contribution in [0.4, 0.5) is 0 Å². The maximum atomic E-state index is 12.1. The number of hydrogen-bond acceptors (Lipinski definition) is 6. The zero-order chi connectivity index (χ0) is 15.4. The molecule has 0 unspecified atom stereocenters. The van der Waals surface area contributed by atoms with Crippen LogP contribution in [0.25, 0.3) is 11.4 Å². The number of nitrogens with zero attached hydrogens (tertiary/aromatic N) is 5. The zero-order valence-corrected chi connectivity index (χ0v) is 12.3. The van der Waals surface area contributed by atoms with Gasteiger partial charge in [0, 0.05) is 18.7 Å². The second-order valence-corrected chi connectivity index (χ2v) is 4.87. The van der Waals surface area contributed by atoms with Gasteiger partial charge in [-0.15, -0.1) is 10.2 Å². The molecule has 1 amide bonds. The van der Waals surface area contributed by atoms with Gasteiger partial charge in [-0.2, -0.15) is 4.80 Å². The number of ether oxygens (including phenoxy) is 2. The van der Waals surface area contributed by atoms with Crippen LogP contribution in [0.15, 0.2) is 24.3 Å². The predicted molar refractivity (Wildman–Crippen MR) is 77.2 cm³/mol. The molecule has 1 fully saturated rings. The van der Waals surface area contributed by atoms with E-state index in [1.165, 1.54) is 4.80 Å². The summed E-state index contributed by atoms with van der Waals surface area (Å²) in [5, 5.41) is 12.2. The van der Waals surface area contributed by atoms with E-state index < -0.39 is 0 Å². The van der Waals surface area contributed by atoms with E-state index in [0.717, 1.165) is 11.3 Å². The van der Waals surface area contributed by atoms with Gasteiger partial charge in [0.1, 0.15) is 12.3 Å². The number of methoxy groups -OCH3 is 1. The van der Waals surface area contributed by atoms with Gasteiger partial charge in [0.15, 0.2) is 0 Å². The fourth-order valence-corrected chi connectivity index (χ4v) is 2.22. The van der Waals surface area contributed by atoms with Crippen molar-refractivity contribution in [3.8, 4) is 17.1 Å². The molecule has 1 aliphatic rings. The number of tetrazole rings is 1. The first kappa shape index (κ1) is 14.5. The van der Waals surface area contributed by atoms with Gasteiger partial charge >= 0.3 is 0 Å². The molecular formula is C14H17N5O3. The largest absolute Gasteiger partial charge is 0.497 e. The fourth-order valence-electron chi connectivity index (χ4n) is 2.22. The number of morpholine rings is 1. The first-order valence-electron chi connectivity index (χ1n) is 7.04. The normalized spacial score (nSPS) is 14.9. The molecule has 116 valence electrons. The Bertz CT molecular complexity index is 651. The number of hydrogen-bond donors (Lipinski definition) is 0. The molecular weight excluding hydrogens is 286 g/mol. The van der Waals surface area contributed by atoms with Crippen LogP contribution in [0.1, 0.15) is 0 Å². The average Bonchev–Trinajstić information content (AvgIpc) is 3.04. The van der Waals surface area contributed by atoms with E-state index in [1.807, 2.05) is 24.3 Å². The van der Waals surface area contributed by atoms with Gasteiger partial charge in [0.2, 0.25) is 11.7 Å². The molecule has 8 heteroatoms. The summed E-state index contributed by atoms with van der Waals surface area (Å²) in [5.41, 5.74) is 0.796. The van der Waals surface area contributed by atoms with Crippen molar-refractivity contribution >= 4 is 5.91 Å². The van der Waals surface area contributed by atoms with Gasteiger partial charge < -0.3 is 14.4 Å². The topological polar surface area (TPSA) is 82.4 Å². The molecule has 0 N–H and O–H groups in total. The molecule has 0 radical (unpaired) electrons. The number of amides is 1. The summed E-state index contributed by atoms with van der Waals surface area (Å²) in [7, 11) is 1.60. The molecule has 1 aliphatic heterocycles. The molecule has 8 nitrogen and oxygen atoms in total. The predicted octanol–water partition coefficient (Wildman–Crippen LogP) is 0.207. The Balaban J connectivity index is 1.69. The van der Waals surface area contributed by atoms with Gasteiger partial charge in [-0.05, 0) is 17.3 Å². The molecule has 1 saturated heterocycles. The first-order chi connectivity index (χ1) is 10.8. The SMILES string of the molecule is COc1cccc(-c2nnn(CC(=O)N3CCOCC3)n2)c1. The Morgan fingerprint density at radius 1 is 1.36 bits per heavy atom. The van der Waals surface area contributed by atoms with E-state index >= 15 is 0 Å². The maximum absolute atomic E-state index is 12.1. The highest BCUT2D eigenvalue weighted by Gasteiger charge is 2.18. The van der Waals surface area contributed by atoms with Gasteiger partial charge in [-0.25, -0.2) is 0 Å². The molecule has 0 saturated carbocycles. The van der Waals surface area contributed by atoms with E-state index in [1.54, 1.807) is 12.0 Å². The van der Waals surface area contributed by atoms with Crippen molar-refractivity contribution in [3.63, 3.8) is 0 Å². The van der Waals surface area contributed by atoms with Crippen LogP contribution in [0.2, 0.25) is 0 Å². The second-order valence-electron chi connectivity index (χ2n) is 4.87. The third-order valence-electron chi connectivity index (χ3n) is 3.42. The van der Waals surface area contributed by atoms with Crippen LogP contribution >= 0.6 is 0 Å². The minimum absolute atomic E-state index is 0.0297. The van der Waals surface area contributed by atoms with Gasteiger partial charge in [-0.1, -0.05) is 12.1 Å². The van der Waals surface area contributed by atoms with Crippen molar-refractivity contribution in [2.75, 3.05) is 33.4 Å². The molecule has 2 aromatic rings. The molecule has 3 rings (SSSR count). The Kier molecular flexibility index (Phi) is 4.29. The lowest BCUT2D eigenvalue weighted by molar-refractivity contribution is -0.136. The van der Waals surface area contributed by atoms with Crippen LogP contribution in [0, 0.1) is 0 Å². The standard InChI is InChI=1S/C14H17N5O3/c1-21-12-4-2-3-11(9-12)14-15-17-19(16-14)10-13(20)18-5-7-22-8-6-18/h2-4,9H,5-8,10H2,1H3. The Hall–Kier alpha value is -2.48. The summed E-state index contributed by atoms with van der Waals surface area (Å²) in [6, 6.07) is 7.39. The number of carbonyl (C=O) groups excluding carboxylic acids is 1. The van der Waals surface area contributed by atoms with E-state index in [2.05, 4.69) is 15.4 Å². The lowest BCUT2D eigenvalue weighted by atomic mass is 10.2. The third kappa shape index (κ3) is 3.22. The van der Waals surface area contributed by atoms with Gasteiger partial charge in [-0.3, -0.25) is 4.79 Å². The van der Waals surface area contributed by atoms with Gasteiger partial charge in [0.25, 0.3) is 0 Å². The minimum atomic E-state index is -0.0297. The molecule has 2 heterocycles.